The van der Waals surface area contributed by atoms with Crippen molar-refractivity contribution in [1.82, 2.24) is 15.5 Å². The van der Waals surface area contributed by atoms with Crippen molar-refractivity contribution in [2.45, 2.75) is 38.8 Å². The predicted octanol–water partition coefficient (Wildman–Crippen LogP) is -0.144. The van der Waals surface area contributed by atoms with E-state index in [0.29, 0.717) is 12.5 Å². The Kier molecular flexibility index (Phi) is 7.09. The number of nitrogens with one attached hydrogen (secondary N) is 2. The number of rotatable bonds is 7. The number of amides is 1. The Balaban J connectivity index is 2.49. The zero-order valence-corrected chi connectivity index (χ0v) is 14.4. The molecule has 0 aromatic rings. The fourth-order valence-corrected chi connectivity index (χ4v) is 4.14. The first-order valence-corrected chi connectivity index (χ1v) is 9.38. The highest BCUT2D eigenvalue weighted by Gasteiger charge is 2.26. The summed E-state index contributed by atoms with van der Waals surface area (Å²) in [5.41, 5.74) is 0. The Bertz CT molecular complexity index is 425. The molecule has 0 aromatic carbocycles. The molecule has 1 heterocycles. The lowest BCUT2D eigenvalue weighted by Gasteiger charge is -2.26. The highest BCUT2D eigenvalue weighted by molar-refractivity contribution is 7.91. The van der Waals surface area contributed by atoms with E-state index in [1.807, 2.05) is 14.1 Å². The van der Waals surface area contributed by atoms with Crippen molar-refractivity contribution in [3.05, 3.63) is 0 Å². The lowest BCUT2D eigenvalue weighted by Crippen LogP contribution is -2.49. The number of hydrogen-bond donors (Lipinski definition) is 2. The van der Waals surface area contributed by atoms with E-state index in [1.54, 1.807) is 0 Å². The molecule has 124 valence electrons. The second-order valence-electron chi connectivity index (χ2n) is 6.63. The summed E-state index contributed by atoms with van der Waals surface area (Å²) in [6, 6.07) is -0.157. The van der Waals surface area contributed by atoms with Gasteiger partial charge >= 0.3 is 0 Å². The van der Waals surface area contributed by atoms with Gasteiger partial charge in [-0.15, -0.1) is 0 Å². The van der Waals surface area contributed by atoms with E-state index in [0.717, 1.165) is 13.0 Å². The van der Waals surface area contributed by atoms with Crippen molar-refractivity contribution in [2.24, 2.45) is 5.92 Å². The molecule has 1 rings (SSSR count). The quantitative estimate of drug-likeness (QED) is 0.683. The molecule has 0 spiro atoms. The third kappa shape index (κ3) is 7.78. The van der Waals surface area contributed by atoms with Gasteiger partial charge in [0.1, 0.15) is 0 Å². The second-order valence-corrected chi connectivity index (χ2v) is 8.85. The maximum absolute atomic E-state index is 12.1. The lowest BCUT2D eigenvalue weighted by molar-refractivity contribution is -0.122. The van der Waals surface area contributed by atoms with Crippen LogP contribution in [0.2, 0.25) is 0 Å². The van der Waals surface area contributed by atoms with Crippen molar-refractivity contribution in [1.29, 1.82) is 0 Å². The maximum atomic E-state index is 12.1. The number of hydrogen-bond acceptors (Lipinski definition) is 5. The molecule has 1 fully saturated rings. The summed E-state index contributed by atoms with van der Waals surface area (Å²) in [5.74, 6) is 0.658. The van der Waals surface area contributed by atoms with Crippen molar-refractivity contribution >= 4 is 15.7 Å². The second kappa shape index (κ2) is 8.10. The van der Waals surface area contributed by atoms with Gasteiger partial charge in [0.15, 0.2) is 9.84 Å². The number of likely N-dealkylation sites (N-methyl/N-ethyl adjacent to an activating group) is 1. The van der Waals surface area contributed by atoms with Crippen molar-refractivity contribution in [3.8, 4) is 0 Å². The van der Waals surface area contributed by atoms with Gasteiger partial charge in [-0.3, -0.25) is 4.79 Å². The van der Waals surface area contributed by atoms with Gasteiger partial charge in [0, 0.05) is 31.6 Å². The van der Waals surface area contributed by atoms with Crippen LogP contribution in [0.15, 0.2) is 0 Å². The van der Waals surface area contributed by atoms with E-state index < -0.39 is 9.84 Å². The summed E-state index contributed by atoms with van der Waals surface area (Å²) >= 11 is 0. The molecule has 7 heteroatoms. The molecule has 2 N–H and O–H groups in total. The molecule has 2 unspecified atom stereocenters. The largest absolute Gasteiger partial charge is 0.352 e. The van der Waals surface area contributed by atoms with Crippen LogP contribution < -0.4 is 10.6 Å². The molecule has 1 saturated heterocycles. The van der Waals surface area contributed by atoms with Crippen LogP contribution in [0.3, 0.4) is 0 Å². The first-order chi connectivity index (χ1) is 9.68. The van der Waals surface area contributed by atoms with Gasteiger partial charge in [0.25, 0.3) is 0 Å². The molecule has 1 aliphatic rings. The van der Waals surface area contributed by atoms with E-state index in [-0.39, 0.29) is 35.9 Å². The van der Waals surface area contributed by atoms with Crippen molar-refractivity contribution < 1.29 is 13.2 Å². The third-order valence-electron chi connectivity index (χ3n) is 3.44. The van der Waals surface area contributed by atoms with Crippen LogP contribution in [0.1, 0.15) is 26.7 Å². The summed E-state index contributed by atoms with van der Waals surface area (Å²) in [6.07, 6.45) is 1.14. The van der Waals surface area contributed by atoms with Crippen molar-refractivity contribution in [2.75, 3.05) is 38.7 Å². The smallest absolute Gasteiger partial charge is 0.221 e. The molecule has 6 nitrogen and oxygen atoms in total. The molecule has 0 radical (unpaired) electrons. The van der Waals surface area contributed by atoms with Crippen LogP contribution in [0.4, 0.5) is 0 Å². The van der Waals surface area contributed by atoms with E-state index in [1.165, 1.54) is 0 Å². The van der Waals surface area contributed by atoms with E-state index in [9.17, 15) is 13.2 Å². The SMILES string of the molecule is CC(C)CC(CN(C)C)NC(=O)CC1CS(=O)(=O)CCN1. The monoisotopic (exact) mass is 319 g/mol. The van der Waals surface area contributed by atoms with Crippen LogP contribution in [0.25, 0.3) is 0 Å². The summed E-state index contributed by atoms with van der Waals surface area (Å²) in [5, 5.41) is 6.15. The van der Waals surface area contributed by atoms with Gasteiger partial charge in [-0.05, 0) is 26.4 Å². The van der Waals surface area contributed by atoms with E-state index in [2.05, 4.69) is 29.4 Å². The minimum Gasteiger partial charge on any atom is -0.352 e. The normalized spacial score (nSPS) is 23.2. The maximum Gasteiger partial charge on any atom is 0.221 e. The van der Waals surface area contributed by atoms with E-state index >= 15 is 0 Å². The Labute approximate surface area is 128 Å². The van der Waals surface area contributed by atoms with Gasteiger partial charge in [-0.1, -0.05) is 13.8 Å². The highest BCUT2D eigenvalue weighted by Crippen LogP contribution is 2.08. The molecule has 1 amide bonds. The molecular weight excluding hydrogens is 290 g/mol. The van der Waals surface area contributed by atoms with Gasteiger partial charge in [-0.2, -0.15) is 0 Å². The number of carbonyl (C=O) groups excluding carboxylic acids is 1. The van der Waals surface area contributed by atoms with Gasteiger partial charge in [-0.25, -0.2) is 8.42 Å². The Morgan fingerprint density at radius 1 is 1.38 bits per heavy atom. The first-order valence-electron chi connectivity index (χ1n) is 7.56. The van der Waals surface area contributed by atoms with Crippen LogP contribution in [0, 0.1) is 5.92 Å². The van der Waals surface area contributed by atoms with Gasteiger partial charge in [0.05, 0.1) is 11.5 Å². The average molecular weight is 319 g/mol. The summed E-state index contributed by atoms with van der Waals surface area (Å²) < 4.78 is 23.2. The Hall–Kier alpha value is -0.660. The minimum absolute atomic E-state index is 0.0585. The fourth-order valence-electron chi connectivity index (χ4n) is 2.70. The van der Waals surface area contributed by atoms with E-state index in [4.69, 9.17) is 0 Å². The lowest BCUT2D eigenvalue weighted by atomic mass is 10.0. The highest BCUT2D eigenvalue weighted by atomic mass is 32.2. The summed E-state index contributed by atoms with van der Waals surface area (Å²) in [7, 11) is 0.967. The molecule has 21 heavy (non-hydrogen) atoms. The first kappa shape index (κ1) is 18.4. The zero-order chi connectivity index (χ0) is 16.0. The Morgan fingerprint density at radius 2 is 2.05 bits per heavy atom. The predicted molar refractivity (Wildman–Crippen MR) is 85.0 cm³/mol. The number of carbonyl (C=O) groups is 1. The minimum atomic E-state index is -2.99. The standard InChI is InChI=1S/C14H29N3O3S/c1-11(2)7-12(9-17(3)4)16-14(18)8-13-10-21(19,20)6-5-15-13/h11-13,15H,5-10H2,1-4H3,(H,16,18). The third-order valence-corrected chi connectivity index (χ3v) is 5.18. The molecule has 1 aliphatic heterocycles. The van der Waals surface area contributed by atoms with Crippen LogP contribution in [0.5, 0.6) is 0 Å². The Morgan fingerprint density at radius 3 is 2.57 bits per heavy atom. The van der Waals surface area contributed by atoms with Gasteiger partial charge < -0.3 is 15.5 Å². The number of sulfone groups is 1. The molecule has 0 aliphatic carbocycles. The molecule has 0 bridgehead atoms. The van der Waals surface area contributed by atoms with Crippen molar-refractivity contribution in [3.63, 3.8) is 0 Å². The molecule has 0 saturated carbocycles. The summed E-state index contributed by atoms with van der Waals surface area (Å²) in [4.78, 5) is 14.2. The fraction of sp³-hybridized carbons (Fsp3) is 0.929. The molecular formula is C14H29N3O3S. The topological polar surface area (TPSA) is 78.5 Å². The number of nitrogens with zero attached hydrogens (tertiary/aromatic N) is 1. The van der Waals surface area contributed by atoms with Crippen LogP contribution in [-0.4, -0.2) is 70.0 Å². The molecule has 2 atom stereocenters. The molecule has 0 aromatic heterocycles. The van der Waals surface area contributed by atoms with Crippen LogP contribution >= 0.6 is 0 Å². The zero-order valence-electron chi connectivity index (χ0n) is 13.6. The summed E-state index contributed by atoms with van der Waals surface area (Å²) in [6.45, 7) is 5.49. The van der Waals surface area contributed by atoms with Crippen LogP contribution in [-0.2, 0) is 14.6 Å². The van der Waals surface area contributed by atoms with Gasteiger partial charge in [0.2, 0.25) is 5.91 Å². The average Bonchev–Trinajstić information content (AvgIpc) is 2.24.